The molecule has 142 valence electrons. The minimum atomic E-state index is -0.936. The minimum absolute atomic E-state index is 0.0421. The average molecular weight is 377 g/mol. The van der Waals surface area contributed by atoms with E-state index in [-0.39, 0.29) is 23.7 Å². The summed E-state index contributed by atoms with van der Waals surface area (Å²) in [7, 11) is 0. The summed E-state index contributed by atoms with van der Waals surface area (Å²) in [6.45, 7) is 0. The molecule has 7 nitrogen and oxygen atoms in total. The molecule has 2 amide bonds. The molecular formula is C21H19N3O4. The van der Waals surface area contributed by atoms with Crippen LogP contribution >= 0.6 is 0 Å². The lowest BCUT2D eigenvalue weighted by Gasteiger charge is -2.24. The third kappa shape index (κ3) is 3.38. The highest BCUT2D eigenvalue weighted by molar-refractivity contribution is 6.04. The van der Waals surface area contributed by atoms with Gasteiger partial charge in [0.2, 0.25) is 5.91 Å². The molecule has 28 heavy (non-hydrogen) atoms. The SMILES string of the molecule is O=C(Nc1cccc(NC(=O)C2C3C=CC(C3)C2C(=O)O)c1)c1cccnc1. The summed E-state index contributed by atoms with van der Waals surface area (Å²) in [6.07, 6.45) is 7.61. The van der Waals surface area contributed by atoms with E-state index >= 15 is 0 Å². The second kappa shape index (κ2) is 7.26. The van der Waals surface area contributed by atoms with Crippen LogP contribution in [-0.4, -0.2) is 27.9 Å². The molecule has 3 N–H and O–H groups in total. The smallest absolute Gasteiger partial charge is 0.307 e. The van der Waals surface area contributed by atoms with Crippen LogP contribution in [0, 0.1) is 23.7 Å². The second-order valence-corrected chi connectivity index (χ2v) is 7.10. The van der Waals surface area contributed by atoms with Crippen molar-refractivity contribution in [3.05, 3.63) is 66.5 Å². The van der Waals surface area contributed by atoms with Gasteiger partial charge in [0.1, 0.15) is 0 Å². The third-order valence-corrected chi connectivity index (χ3v) is 5.36. The number of rotatable bonds is 5. The molecule has 0 aliphatic heterocycles. The van der Waals surface area contributed by atoms with Crippen molar-refractivity contribution in [1.82, 2.24) is 4.98 Å². The van der Waals surface area contributed by atoms with Gasteiger partial charge in [0, 0.05) is 23.8 Å². The summed E-state index contributed by atoms with van der Waals surface area (Å²) < 4.78 is 0. The first-order valence-corrected chi connectivity index (χ1v) is 9.06. The molecule has 2 aliphatic rings. The average Bonchev–Trinajstić information content (AvgIpc) is 3.30. The van der Waals surface area contributed by atoms with E-state index in [0.717, 1.165) is 0 Å². The number of amides is 2. The number of carboxylic acids is 1. The zero-order valence-corrected chi connectivity index (χ0v) is 14.9. The van der Waals surface area contributed by atoms with Gasteiger partial charge in [-0.3, -0.25) is 19.4 Å². The molecule has 2 bridgehead atoms. The molecule has 1 aromatic carbocycles. The molecule has 2 aliphatic carbocycles. The second-order valence-electron chi connectivity index (χ2n) is 7.10. The van der Waals surface area contributed by atoms with Gasteiger partial charge in [-0.1, -0.05) is 18.2 Å². The highest BCUT2D eigenvalue weighted by Gasteiger charge is 2.51. The summed E-state index contributed by atoms with van der Waals surface area (Å²) in [4.78, 5) is 40.5. The number of aromatic nitrogens is 1. The quantitative estimate of drug-likeness (QED) is 0.695. The monoisotopic (exact) mass is 377 g/mol. The van der Waals surface area contributed by atoms with Crippen LogP contribution < -0.4 is 10.6 Å². The molecule has 7 heteroatoms. The van der Waals surface area contributed by atoms with E-state index in [9.17, 15) is 19.5 Å². The van der Waals surface area contributed by atoms with Crippen molar-refractivity contribution >= 4 is 29.2 Å². The molecule has 1 aromatic heterocycles. The number of carbonyl (C=O) groups is 3. The number of nitrogens with zero attached hydrogens (tertiary/aromatic N) is 1. The Balaban J connectivity index is 1.46. The van der Waals surface area contributed by atoms with E-state index in [1.54, 1.807) is 42.6 Å². The zero-order valence-electron chi connectivity index (χ0n) is 14.9. The number of aliphatic carboxylic acids is 1. The predicted molar refractivity (Wildman–Crippen MR) is 103 cm³/mol. The van der Waals surface area contributed by atoms with Crippen molar-refractivity contribution in [2.45, 2.75) is 6.42 Å². The maximum atomic E-state index is 12.8. The summed E-state index contributed by atoms with van der Waals surface area (Å²) in [6, 6.07) is 10.1. The lowest BCUT2D eigenvalue weighted by atomic mass is 9.82. The maximum Gasteiger partial charge on any atom is 0.307 e. The normalized spacial score (nSPS) is 24.7. The van der Waals surface area contributed by atoms with Gasteiger partial charge in [-0.2, -0.15) is 0 Å². The number of carbonyl (C=O) groups excluding carboxylic acids is 2. The van der Waals surface area contributed by atoms with Gasteiger partial charge < -0.3 is 15.7 Å². The van der Waals surface area contributed by atoms with Crippen LogP contribution in [0.2, 0.25) is 0 Å². The molecule has 1 heterocycles. The van der Waals surface area contributed by atoms with Gasteiger partial charge in [-0.15, -0.1) is 0 Å². The van der Waals surface area contributed by atoms with Crippen LogP contribution in [0.1, 0.15) is 16.8 Å². The molecule has 1 fully saturated rings. The highest BCUT2D eigenvalue weighted by Crippen LogP contribution is 2.48. The number of anilines is 2. The Hall–Kier alpha value is -3.48. The number of pyridine rings is 1. The Bertz CT molecular complexity index is 957. The molecule has 0 spiro atoms. The van der Waals surface area contributed by atoms with Crippen molar-refractivity contribution in [2.24, 2.45) is 23.7 Å². The van der Waals surface area contributed by atoms with Crippen molar-refractivity contribution in [3.63, 3.8) is 0 Å². The number of carboxylic acid groups (broad SMARTS) is 1. The van der Waals surface area contributed by atoms with Gasteiger partial charge in [-0.05, 0) is 48.6 Å². The largest absolute Gasteiger partial charge is 0.481 e. The van der Waals surface area contributed by atoms with Crippen LogP contribution in [0.25, 0.3) is 0 Å². The molecule has 4 atom stereocenters. The van der Waals surface area contributed by atoms with Crippen molar-refractivity contribution in [2.75, 3.05) is 10.6 Å². The summed E-state index contributed by atoms with van der Waals surface area (Å²) in [5, 5.41) is 15.1. The van der Waals surface area contributed by atoms with Crippen LogP contribution in [0.15, 0.2) is 60.9 Å². The van der Waals surface area contributed by atoms with Crippen molar-refractivity contribution in [3.8, 4) is 0 Å². The van der Waals surface area contributed by atoms with E-state index in [0.29, 0.717) is 23.4 Å². The minimum Gasteiger partial charge on any atom is -0.481 e. The molecular weight excluding hydrogens is 358 g/mol. The van der Waals surface area contributed by atoms with Crippen LogP contribution in [0.3, 0.4) is 0 Å². The molecule has 1 saturated carbocycles. The molecule has 0 radical (unpaired) electrons. The van der Waals surface area contributed by atoms with E-state index in [1.165, 1.54) is 6.20 Å². The van der Waals surface area contributed by atoms with Gasteiger partial charge in [-0.25, -0.2) is 0 Å². The van der Waals surface area contributed by atoms with E-state index in [4.69, 9.17) is 0 Å². The number of hydrogen-bond acceptors (Lipinski definition) is 4. The number of hydrogen-bond donors (Lipinski definition) is 3. The topological polar surface area (TPSA) is 108 Å². The van der Waals surface area contributed by atoms with E-state index in [1.807, 2.05) is 12.2 Å². The standard InChI is InChI=1S/C21H19N3O4/c25-19(14-3-2-8-22-11-14)23-15-4-1-5-16(10-15)24-20(26)17-12-6-7-13(9-12)18(17)21(27)28/h1-8,10-13,17-18H,9H2,(H,23,25)(H,24,26)(H,27,28). The molecule has 0 saturated heterocycles. The molecule has 2 aromatic rings. The first-order chi connectivity index (χ1) is 13.5. The van der Waals surface area contributed by atoms with Gasteiger partial charge in [0.15, 0.2) is 0 Å². The van der Waals surface area contributed by atoms with Gasteiger partial charge in [0.25, 0.3) is 5.91 Å². The number of benzene rings is 1. The van der Waals surface area contributed by atoms with Gasteiger partial charge in [0.05, 0.1) is 17.4 Å². The number of allylic oxidation sites excluding steroid dienone is 2. The first kappa shape index (κ1) is 17.9. The summed E-state index contributed by atoms with van der Waals surface area (Å²) >= 11 is 0. The summed E-state index contributed by atoms with van der Waals surface area (Å²) in [5.74, 6) is -2.94. The third-order valence-electron chi connectivity index (χ3n) is 5.36. The lowest BCUT2D eigenvalue weighted by Crippen LogP contribution is -2.36. The van der Waals surface area contributed by atoms with Crippen LogP contribution in [0.4, 0.5) is 11.4 Å². The maximum absolute atomic E-state index is 12.8. The fourth-order valence-corrected chi connectivity index (χ4v) is 4.12. The molecule has 4 unspecified atom stereocenters. The van der Waals surface area contributed by atoms with Gasteiger partial charge >= 0.3 is 5.97 Å². The number of fused-ring (bicyclic) bond motifs is 2. The Labute approximate surface area is 161 Å². The van der Waals surface area contributed by atoms with Crippen LogP contribution in [0.5, 0.6) is 0 Å². The summed E-state index contributed by atoms with van der Waals surface area (Å²) in [5.41, 5.74) is 1.45. The molecule has 4 rings (SSSR count). The Morgan fingerprint density at radius 1 is 0.964 bits per heavy atom. The van der Waals surface area contributed by atoms with Crippen molar-refractivity contribution < 1.29 is 19.5 Å². The zero-order chi connectivity index (χ0) is 19.7. The highest BCUT2D eigenvalue weighted by atomic mass is 16.4. The van der Waals surface area contributed by atoms with Crippen molar-refractivity contribution in [1.29, 1.82) is 0 Å². The first-order valence-electron chi connectivity index (χ1n) is 9.06. The Kier molecular flexibility index (Phi) is 4.65. The Morgan fingerprint density at radius 2 is 1.68 bits per heavy atom. The number of nitrogens with one attached hydrogen (secondary N) is 2. The fourth-order valence-electron chi connectivity index (χ4n) is 4.12. The Morgan fingerprint density at radius 3 is 2.36 bits per heavy atom. The fraction of sp³-hybridized carbons (Fsp3) is 0.238. The van der Waals surface area contributed by atoms with E-state index < -0.39 is 17.8 Å². The predicted octanol–water partition coefficient (Wildman–Crippen LogP) is 2.80. The lowest BCUT2D eigenvalue weighted by molar-refractivity contribution is -0.146. The van der Waals surface area contributed by atoms with Crippen LogP contribution in [-0.2, 0) is 9.59 Å². The van der Waals surface area contributed by atoms with E-state index in [2.05, 4.69) is 15.6 Å².